The van der Waals surface area contributed by atoms with Gasteiger partial charge in [-0.1, -0.05) is 83.0 Å². The summed E-state index contributed by atoms with van der Waals surface area (Å²) in [4.78, 5) is 0. The Morgan fingerprint density at radius 3 is 2.42 bits per heavy atom. The molecule has 0 aromatic rings. The molecule has 1 atom stereocenters. The van der Waals surface area contributed by atoms with Gasteiger partial charge < -0.3 is 0 Å². The molecule has 0 amide bonds. The highest BCUT2D eigenvalue weighted by Crippen LogP contribution is 2.35. The molecule has 1 aliphatic rings. The summed E-state index contributed by atoms with van der Waals surface area (Å²) in [6.07, 6.45) is 16.4. The highest BCUT2D eigenvalue weighted by Gasteiger charge is 2.21. The molecule has 0 radical (unpaired) electrons. The van der Waals surface area contributed by atoms with Crippen LogP contribution in [0.5, 0.6) is 0 Å². The minimum atomic E-state index is -1.26. The van der Waals surface area contributed by atoms with Gasteiger partial charge in [-0.2, -0.15) is 0 Å². The lowest BCUT2D eigenvalue weighted by Crippen LogP contribution is -2.17. The summed E-state index contributed by atoms with van der Waals surface area (Å²) >= 11 is 0. The Balaban J connectivity index is 2.92. The molecule has 146 valence electrons. The molecule has 0 aromatic carbocycles. The molecule has 1 fully saturated rings. The van der Waals surface area contributed by atoms with Crippen LogP contribution in [0.15, 0.2) is 11.1 Å². The van der Waals surface area contributed by atoms with Crippen molar-refractivity contribution < 1.29 is 0 Å². The van der Waals surface area contributed by atoms with E-state index in [0.29, 0.717) is 5.92 Å². The topological polar surface area (TPSA) is 0 Å². The van der Waals surface area contributed by atoms with Crippen molar-refractivity contribution in [3.63, 3.8) is 0 Å². The van der Waals surface area contributed by atoms with Crippen LogP contribution in [-0.2, 0) is 0 Å². The number of rotatable bonds is 8. The molecule has 0 spiro atoms. The van der Waals surface area contributed by atoms with E-state index in [4.69, 9.17) is 0 Å². The van der Waals surface area contributed by atoms with E-state index in [9.17, 15) is 0 Å². The Morgan fingerprint density at radius 1 is 0.962 bits per heavy atom. The lowest BCUT2D eigenvalue weighted by molar-refractivity contribution is 0.455. The summed E-state index contributed by atoms with van der Waals surface area (Å²) in [6.45, 7) is 11.6. The SMILES string of the molecule is CCCCC#C/C(CCCCCC)=C1\CCCCC1CC#C[Si](C)(C)C. The molecule has 1 saturated carbocycles. The molecule has 0 saturated heterocycles. The maximum atomic E-state index is 3.63. The van der Waals surface area contributed by atoms with E-state index in [0.717, 1.165) is 12.8 Å². The van der Waals surface area contributed by atoms with Crippen LogP contribution in [0.1, 0.15) is 97.3 Å². The Kier molecular flexibility index (Phi) is 11.8. The van der Waals surface area contributed by atoms with E-state index in [-0.39, 0.29) is 0 Å². The molecule has 0 bridgehead atoms. The fourth-order valence-electron chi connectivity index (χ4n) is 3.61. The molecule has 0 N–H and O–H groups in total. The van der Waals surface area contributed by atoms with Crippen molar-refractivity contribution in [2.45, 2.75) is 117 Å². The van der Waals surface area contributed by atoms with E-state index in [2.05, 4.69) is 56.8 Å². The molecular weight excluding hydrogens is 328 g/mol. The fourth-order valence-corrected chi connectivity index (χ4v) is 4.25. The van der Waals surface area contributed by atoms with Gasteiger partial charge in [-0.15, -0.1) is 11.5 Å². The van der Waals surface area contributed by atoms with Crippen LogP contribution in [0, 0.1) is 29.2 Å². The minimum Gasteiger partial charge on any atom is -0.132 e. The van der Waals surface area contributed by atoms with E-state index in [1.54, 1.807) is 5.57 Å². The molecule has 1 unspecified atom stereocenters. The first-order valence-corrected chi connectivity index (χ1v) is 14.7. The summed E-state index contributed by atoms with van der Waals surface area (Å²) < 4.78 is 0. The largest absolute Gasteiger partial charge is 0.132 e. The molecule has 26 heavy (non-hydrogen) atoms. The van der Waals surface area contributed by atoms with Crippen LogP contribution >= 0.6 is 0 Å². The van der Waals surface area contributed by atoms with Crippen molar-refractivity contribution in [2.75, 3.05) is 0 Å². The monoisotopic (exact) mass is 370 g/mol. The number of unbranched alkanes of at least 4 members (excludes halogenated alkanes) is 5. The van der Waals surface area contributed by atoms with E-state index in [1.807, 2.05) is 0 Å². The average molecular weight is 371 g/mol. The van der Waals surface area contributed by atoms with E-state index >= 15 is 0 Å². The van der Waals surface area contributed by atoms with Crippen molar-refractivity contribution in [3.05, 3.63) is 11.1 Å². The number of hydrogen-bond acceptors (Lipinski definition) is 0. The second-order valence-corrected chi connectivity index (χ2v) is 13.7. The van der Waals surface area contributed by atoms with Crippen LogP contribution in [-0.4, -0.2) is 8.07 Å². The molecule has 1 heteroatoms. The van der Waals surface area contributed by atoms with Gasteiger partial charge in [-0.25, -0.2) is 0 Å². The van der Waals surface area contributed by atoms with Crippen LogP contribution in [0.3, 0.4) is 0 Å². The maximum Gasteiger partial charge on any atom is 0.129 e. The minimum absolute atomic E-state index is 0.675. The highest BCUT2D eigenvalue weighted by atomic mass is 28.3. The quantitative estimate of drug-likeness (QED) is 0.231. The van der Waals surface area contributed by atoms with Crippen LogP contribution in [0.4, 0.5) is 0 Å². The smallest absolute Gasteiger partial charge is 0.129 e. The predicted octanol–water partition coefficient (Wildman–Crippen LogP) is 7.91. The van der Waals surface area contributed by atoms with Crippen LogP contribution in [0.2, 0.25) is 19.6 Å². The van der Waals surface area contributed by atoms with Gasteiger partial charge >= 0.3 is 0 Å². The van der Waals surface area contributed by atoms with Crippen molar-refractivity contribution >= 4 is 8.07 Å². The first-order valence-electron chi connectivity index (χ1n) is 11.2. The standard InChI is InChI=1S/C25H42Si/c1-6-8-10-12-17-23(18-13-11-9-7-2)25-21-15-14-19-24(25)20-16-22-26(3,4)5/h24H,6-12,14-15,17,19-21H2,1-5H3/b25-23+. The molecule has 1 rings (SSSR count). The molecule has 0 aliphatic heterocycles. The Morgan fingerprint density at radius 2 is 1.73 bits per heavy atom. The summed E-state index contributed by atoms with van der Waals surface area (Å²) in [6, 6.07) is 0. The lowest BCUT2D eigenvalue weighted by atomic mass is 9.79. The van der Waals surface area contributed by atoms with Crippen molar-refractivity contribution in [3.8, 4) is 23.3 Å². The van der Waals surface area contributed by atoms with E-state index in [1.165, 1.54) is 76.2 Å². The van der Waals surface area contributed by atoms with Gasteiger partial charge in [0.1, 0.15) is 8.07 Å². The van der Waals surface area contributed by atoms with Crippen molar-refractivity contribution in [1.29, 1.82) is 0 Å². The molecule has 1 aliphatic carbocycles. The normalized spacial score (nSPS) is 19.2. The Hall–Kier alpha value is -0.923. The molecule has 0 heterocycles. The summed E-state index contributed by atoms with van der Waals surface area (Å²) in [5.74, 6) is 11.4. The van der Waals surface area contributed by atoms with Gasteiger partial charge in [0.15, 0.2) is 0 Å². The van der Waals surface area contributed by atoms with Crippen LogP contribution in [0.25, 0.3) is 0 Å². The summed E-state index contributed by atoms with van der Waals surface area (Å²) in [5.41, 5.74) is 6.76. The number of allylic oxidation sites excluding steroid dienone is 2. The van der Waals surface area contributed by atoms with Gasteiger partial charge in [0, 0.05) is 18.4 Å². The first-order chi connectivity index (χ1) is 12.5. The summed E-state index contributed by atoms with van der Waals surface area (Å²) in [5, 5.41) is 0. The second kappa shape index (κ2) is 13.3. The Bertz CT molecular complexity index is 539. The third kappa shape index (κ3) is 10.3. The van der Waals surface area contributed by atoms with E-state index < -0.39 is 8.07 Å². The van der Waals surface area contributed by atoms with Crippen LogP contribution < -0.4 is 0 Å². The molecule has 0 aromatic heterocycles. The lowest BCUT2D eigenvalue weighted by Gasteiger charge is -2.26. The second-order valence-electron chi connectivity index (χ2n) is 8.92. The zero-order valence-corrected chi connectivity index (χ0v) is 19.3. The first kappa shape index (κ1) is 23.1. The third-order valence-corrected chi connectivity index (χ3v) is 6.04. The highest BCUT2D eigenvalue weighted by molar-refractivity contribution is 6.83. The predicted molar refractivity (Wildman–Crippen MR) is 121 cm³/mol. The Labute approximate surface area is 165 Å². The average Bonchev–Trinajstić information content (AvgIpc) is 2.60. The van der Waals surface area contributed by atoms with Crippen molar-refractivity contribution in [2.24, 2.45) is 5.92 Å². The summed E-state index contributed by atoms with van der Waals surface area (Å²) in [7, 11) is -1.26. The van der Waals surface area contributed by atoms with Crippen molar-refractivity contribution in [1.82, 2.24) is 0 Å². The van der Waals surface area contributed by atoms with Gasteiger partial charge in [-0.05, 0) is 44.4 Å². The zero-order valence-electron chi connectivity index (χ0n) is 18.3. The van der Waals surface area contributed by atoms with Gasteiger partial charge in [-0.3, -0.25) is 0 Å². The maximum absolute atomic E-state index is 3.63. The fraction of sp³-hybridized carbons (Fsp3) is 0.760. The van der Waals surface area contributed by atoms with Gasteiger partial charge in [0.2, 0.25) is 0 Å². The van der Waals surface area contributed by atoms with Gasteiger partial charge in [0.25, 0.3) is 0 Å². The number of hydrogen-bond donors (Lipinski definition) is 0. The zero-order chi connectivity index (χ0) is 19.3. The molecular formula is C25H42Si. The third-order valence-electron chi connectivity index (χ3n) is 5.12. The molecule has 0 nitrogen and oxygen atoms in total. The van der Waals surface area contributed by atoms with Gasteiger partial charge in [0.05, 0.1) is 0 Å².